The number of anilines is 1. The van der Waals surface area contributed by atoms with Gasteiger partial charge in [-0.3, -0.25) is 0 Å². The summed E-state index contributed by atoms with van der Waals surface area (Å²) in [5, 5.41) is 3.48. The van der Waals surface area contributed by atoms with E-state index in [0.29, 0.717) is 5.96 Å². The molecule has 0 aromatic carbocycles. The number of rotatable bonds is 1. The van der Waals surface area contributed by atoms with Crippen molar-refractivity contribution in [3.05, 3.63) is 18.5 Å². The summed E-state index contributed by atoms with van der Waals surface area (Å²) >= 11 is 0. The Morgan fingerprint density at radius 2 is 1.81 bits per heavy atom. The molecule has 1 aliphatic heterocycles. The van der Waals surface area contributed by atoms with Gasteiger partial charge in [-0.15, -0.1) is 5.10 Å². The molecule has 1 aromatic rings. The van der Waals surface area contributed by atoms with Gasteiger partial charge in [0.15, 0.2) is 0 Å². The fourth-order valence-electron chi connectivity index (χ4n) is 1.67. The molecular weight excluding hydrogens is 206 g/mol. The summed E-state index contributed by atoms with van der Waals surface area (Å²) in [6.07, 6.45) is 3.48. The van der Waals surface area contributed by atoms with E-state index in [1.165, 1.54) is 0 Å². The molecule has 7 heteroatoms. The van der Waals surface area contributed by atoms with Gasteiger partial charge < -0.3 is 21.4 Å². The summed E-state index contributed by atoms with van der Waals surface area (Å²) in [5.74, 6) is 6.27. The van der Waals surface area contributed by atoms with Gasteiger partial charge in [0.2, 0.25) is 11.9 Å². The van der Waals surface area contributed by atoms with E-state index in [9.17, 15) is 0 Å². The molecule has 86 valence electrons. The number of nitrogens with zero attached hydrogens (tertiary/aromatic N) is 5. The minimum Gasteiger partial charge on any atom is -0.368 e. The maximum Gasteiger partial charge on any atom is 0.225 e. The number of aromatic nitrogens is 2. The number of guanidine groups is 1. The first kappa shape index (κ1) is 10.5. The Labute approximate surface area is 93.8 Å². The predicted molar refractivity (Wildman–Crippen MR) is 61.6 cm³/mol. The lowest BCUT2D eigenvalue weighted by atomic mass is 10.3. The normalized spacial score (nSPS) is 17.6. The van der Waals surface area contributed by atoms with Crippen LogP contribution in [0.2, 0.25) is 0 Å². The molecular formula is C9H15N7. The lowest BCUT2D eigenvalue weighted by molar-refractivity contribution is 0.378. The van der Waals surface area contributed by atoms with Gasteiger partial charge in [0, 0.05) is 38.6 Å². The summed E-state index contributed by atoms with van der Waals surface area (Å²) in [6, 6.07) is 1.80. The molecule has 0 saturated carbocycles. The van der Waals surface area contributed by atoms with Crippen LogP contribution in [0.4, 0.5) is 5.95 Å². The van der Waals surface area contributed by atoms with Gasteiger partial charge in [0.05, 0.1) is 0 Å². The van der Waals surface area contributed by atoms with Crippen molar-refractivity contribution < 1.29 is 0 Å². The van der Waals surface area contributed by atoms with Gasteiger partial charge in [-0.1, -0.05) is 0 Å². The van der Waals surface area contributed by atoms with Crippen LogP contribution in [-0.4, -0.2) is 47.0 Å². The maximum atomic E-state index is 5.63. The molecule has 4 N–H and O–H groups in total. The van der Waals surface area contributed by atoms with Crippen molar-refractivity contribution in [3.63, 3.8) is 0 Å². The minimum atomic E-state index is 0.383. The molecule has 16 heavy (non-hydrogen) atoms. The van der Waals surface area contributed by atoms with Crippen molar-refractivity contribution >= 4 is 11.9 Å². The van der Waals surface area contributed by atoms with Crippen LogP contribution in [0.1, 0.15) is 0 Å². The number of hydrogen-bond acceptors (Lipinski definition) is 5. The van der Waals surface area contributed by atoms with E-state index in [4.69, 9.17) is 11.6 Å². The van der Waals surface area contributed by atoms with Crippen LogP contribution in [0.3, 0.4) is 0 Å². The first-order chi connectivity index (χ1) is 7.81. The van der Waals surface area contributed by atoms with E-state index in [1.807, 2.05) is 4.90 Å². The van der Waals surface area contributed by atoms with E-state index in [0.717, 1.165) is 32.1 Å². The summed E-state index contributed by atoms with van der Waals surface area (Å²) in [6.45, 7) is 3.20. The fraction of sp³-hybridized carbons (Fsp3) is 0.444. The van der Waals surface area contributed by atoms with Crippen molar-refractivity contribution in [2.45, 2.75) is 0 Å². The number of nitrogens with two attached hydrogens (primary N) is 2. The van der Waals surface area contributed by atoms with Crippen LogP contribution in [0.15, 0.2) is 23.6 Å². The van der Waals surface area contributed by atoms with Crippen molar-refractivity contribution in [1.29, 1.82) is 0 Å². The number of hydrogen-bond donors (Lipinski definition) is 2. The molecule has 0 bridgehead atoms. The molecule has 1 saturated heterocycles. The van der Waals surface area contributed by atoms with E-state index >= 15 is 0 Å². The summed E-state index contributed by atoms with van der Waals surface area (Å²) in [4.78, 5) is 12.5. The lowest BCUT2D eigenvalue weighted by Crippen LogP contribution is -2.51. The smallest absolute Gasteiger partial charge is 0.225 e. The van der Waals surface area contributed by atoms with Gasteiger partial charge >= 0.3 is 0 Å². The SMILES string of the molecule is NN=C(N)N1CCN(c2ncccn2)CC1. The van der Waals surface area contributed by atoms with Crippen molar-refractivity contribution in [2.24, 2.45) is 16.7 Å². The van der Waals surface area contributed by atoms with Gasteiger partial charge in [-0.2, -0.15) is 0 Å². The van der Waals surface area contributed by atoms with Gasteiger partial charge in [0.1, 0.15) is 0 Å². The van der Waals surface area contributed by atoms with Crippen LogP contribution in [0.5, 0.6) is 0 Å². The first-order valence-corrected chi connectivity index (χ1v) is 5.11. The Kier molecular flexibility index (Phi) is 3.04. The molecule has 1 aromatic heterocycles. The van der Waals surface area contributed by atoms with Crippen LogP contribution >= 0.6 is 0 Å². The van der Waals surface area contributed by atoms with Crippen molar-refractivity contribution in [3.8, 4) is 0 Å². The number of piperazine rings is 1. The Morgan fingerprint density at radius 3 is 2.38 bits per heavy atom. The second-order valence-corrected chi connectivity index (χ2v) is 3.51. The fourth-order valence-corrected chi connectivity index (χ4v) is 1.67. The topological polar surface area (TPSA) is 96.7 Å². The predicted octanol–water partition coefficient (Wildman–Crippen LogP) is -1.21. The monoisotopic (exact) mass is 221 g/mol. The molecule has 2 heterocycles. The Balaban J connectivity index is 1.96. The van der Waals surface area contributed by atoms with E-state index in [2.05, 4.69) is 20.0 Å². The molecule has 0 spiro atoms. The third kappa shape index (κ3) is 2.13. The highest BCUT2D eigenvalue weighted by Gasteiger charge is 2.19. The average molecular weight is 221 g/mol. The summed E-state index contributed by atoms with van der Waals surface area (Å²) in [5.41, 5.74) is 5.63. The highest BCUT2D eigenvalue weighted by atomic mass is 15.4. The van der Waals surface area contributed by atoms with Crippen LogP contribution < -0.4 is 16.5 Å². The quantitative estimate of drug-likeness (QED) is 0.267. The Morgan fingerprint density at radius 1 is 1.19 bits per heavy atom. The largest absolute Gasteiger partial charge is 0.368 e. The van der Waals surface area contributed by atoms with E-state index < -0.39 is 0 Å². The van der Waals surface area contributed by atoms with Gasteiger partial charge in [-0.05, 0) is 6.07 Å². The third-order valence-electron chi connectivity index (χ3n) is 2.57. The Hall–Kier alpha value is -2.05. The highest BCUT2D eigenvalue weighted by molar-refractivity contribution is 5.77. The lowest BCUT2D eigenvalue weighted by Gasteiger charge is -2.34. The standard InChI is InChI=1S/C9H15N7/c10-8(14-11)15-4-6-16(7-5-15)9-12-2-1-3-13-9/h1-3H,4-7,11H2,(H2,10,14). The molecule has 0 unspecified atom stereocenters. The first-order valence-electron chi connectivity index (χ1n) is 5.11. The van der Waals surface area contributed by atoms with Gasteiger partial charge in [-0.25, -0.2) is 9.97 Å². The molecule has 0 amide bonds. The second kappa shape index (κ2) is 4.65. The van der Waals surface area contributed by atoms with Crippen LogP contribution in [0, 0.1) is 0 Å². The highest BCUT2D eigenvalue weighted by Crippen LogP contribution is 2.08. The zero-order chi connectivity index (χ0) is 11.4. The second-order valence-electron chi connectivity index (χ2n) is 3.51. The summed E-state index contributed by atoms with van der Waals surface area (Å²) in [7, 11) is 0. The third-order valence-corrected chi connectivity index (χ3v) is 2.57. The number of hydrazone groups is 1. The van der Waals surface area contributed by atoms with E-state index in [1.54, 1.807) is 18.5 Å². The molecule has 2 rings (SSSR count). The Bertz CT molecular complexity index is 355. The molecule has 1 aliphatic rings. The zero-order valence-electron chi connectivity index (χ0n) is 8.95. The maximum absolute atomic E-state index is 5.63. The average Bonchev–Trinajstić information content (AvgIpc) is 2.39. The van der Waals surface area contributed by atoms with Crippen molar-refractivity contribution in [1.82, 2.24) is 14.9 Å². The molecule has 1 fully saturated rings. The zero-order valence-corrected chi connectivity index (χ0v) is 8.95. The van der Waals surface area contributed by atoms with E-state index in [-0.39, 0.29) is 0 Å². The molecule has 0 aliphatic carbocycles. The minimum absolute atomic E-state index is 0.383. The molecule has 0 radical (unpaired) electrons. The van der Waals surface area contributed by atoms with Crippen LogP contribution in [-0.2, 0) is 0 Å². The summed E-state index contributed by atoms with van der Waals surface area (Å²) < 4.78 is 0. The van der Waals surface area contributed by atoms with Gasteiger partial charge in [0.25, 0.3) is 0 Å². The molecule has 7 nitrogen and oxygen atoms in total. The van der Waals surface area contributed by atoms with Crippen LogP contribution in [0.25, 0.3) is 0 Å². The molecule has 0 atom stereocenters. The van der Waals surface area contributed by atoms with Crippen molar-refractivity contribution in [2.75, 3.05) is 31.1 Å².